The standard InChI is InChI=1S/C30H34N6O7/c1-30(2,3)25-15-26(43-35-25)34-28(37)33-19-6-5-7-20(12-19)42-27-21-13-23(40-4)24(14-22(21)31-17-32-27)41-16-18-8-10-36(11-9-18)29(38)39/h5-7,12-15,17-18H,8-11,16H2,1-4H3,(H,38,39)(H2,33,34,37)/p-1. The van der Waals surface area contributed by atoms with Crippen LogP contribution in [0.5, 0.6) is 23.1 Å². The van der Waals surface area contributed by atoms with E-state index in [1.54, 1.807) is 49.6 Å². The summed E-state index contributed by atoms with van der Waals surface area (Å²) in [7, 11) is 1.54. The Kier molecular flexibility index (Phi) is 8.51. The van der Waals surface area contributed by atoms with Gasteiger partial charge in [0, 0.05) is 42.4 Å². The van der Waals surface area contributed by atoms with Crippen molar-refractivity contribution >= 4 is 34.6 Å². The topological polar surface area (TPSA) is 164 Å². The molecule has 0 unspecified atom stereocenters. The van der Waals surface area contributed by atoms with Gasteiger partial charge in [-0.15, -0.1) is 0 Å². The minimum Gasteiger partial charge on any atom is -0.530 e. The first-order valence-electron chi connectivity index (χ1n) is 13.8. The third-order valence-electron chi connectivity index (χ3n) is 7.05. The number of fused-ring (bicyclic) bond motifs is 1. The highest BCUT2D eigenvalue weighted by atomic mass is 16.5. The van der Waals surface area contributed by atoms with Crippen LogP contribution in [0.4, 0.5) is 21.2 Å². The van der Waals surface area contributed by atoms with Crippen molar-refractivity contribution in [3.8, 4) is 23.1 Å². The molecule has 1 aliphatic rings. The molecule has 0 bridgehead atoms. The molecule has 1 fully saturated rings. The maximum atomic E-state index is 12.6. The van der Waals surface area contributed by atoms with Gasteiger partial charge in [-0.05, 0) is 37.0 Å². The van der Waals surface area contributed by atoms with Gasteiger partial charge in [-0.25, -0.2) is 14.8 Å². The van der Waals surface area contributed by atoms with E-state index in [4.69, 9.17) is 18.7 Å². The van der Waals surface area contributed by atoms with Gasteiger partial charge in [0.1, 0.15) is 18.2 Å². The quantitative estimate of drug-likeness (QED) is 0.292. The minimum absolute atomic E-state index is 0.208. The molecule has 0 atom stereocenters. The summed E-state index contributed by atoms with van der Waals surface area (Å²) in [6.45, 7) is 7.28. The Morgan fingerprint density at radius 3 is 2.56 bits per heavy atom. The van der Waals surface area contributed by atoms with Crippen LogP contribution in [0.25, 0.3) is 10.9 Å². The molecular weight excluding hydrogens is 556 g/mol. The van der Waals surface area contributed by atoms with E-state index in [9.17, 15) is 14.7 Å². The lowest BCUT2D eigenvalue weighted by Gasteiger charge is -2.33. The van der Waals surface area contributed by atoms with Gasteiger partial charge in [-0.1, -0.05) is 32.0 Å². The number of anilines is 2. The van der Waals surface area contributed by atoms with E-state index < -0.39 is 12.1 Å². The molecule has 43 heavy (non-hydrogen) atoms. The highest BCUT2D eigenvalue weighted by Gasteiger charge is 2.22. The molecule has 3 amide bonds. The van der Waals surface area contributed by atoms with Crippen molar-refractivity contribution in [2.24, 2.45) is 5.92 Å². The van der Waals surface area contributed by atoms with Gasteiger partial charge in [0.15, 0.2) is 11.5 Å². The first-order valence-corrected chi connectivity index (χ1v) is 13.8. The number of hydrogen-bond donors (Lipinski definition) is 2. The van der Waals surface area contributed by atoms with Crippen LogP contribution < -0.4 is 30.0 Å². The third-order valence-corrected chi connectivity index (χ3v) is 7.05. The van der Waals surface area contributed by atoms with E-state index in [0.29, 0.717) is 72.3 Å². The summed E-state index contributed by atoms with van der Waals surface area (Å²) in [5.74, 6) is 2.17. The molecule has 5 rings (SSSR count). The molecule has 0 radical (unpaired) electrons. The lowest BCUT2D eigenvalue weighted by atomic mass is 9.92. The van der Waals surface area contributed by atoms with Gasteiger partial charge in [0.2, 0.25) is 11.8 Å². The fourth-order valence-corrected chi connectivity index (χ4v) is 4.59. The number of methoxy groups -OCH3 is 1. The van der Waals surface area contributed by atoms with E-state index in [0.717, 1.165) is 5.69 Å². The van der Waals surface area contributed by atoms with Crippen LogP contribution >= 0.6 is 0 Å². The molecular formula is C30H33N6O7-. The Morgan fingerprint density at radius 2 is 1.86 bits per heavy atom. The zero-order valence-corrected chi connectivity index (χ0v) is 24.4. The lowest BCUT2D eigenvalue weighted by Crippen LogP contribution is -2.46. The van der Waals surface area contributed by atoms with Crippen LogP contribution in [0.2, 0.25) is 0 Å². The Balaban J connectivity index is 1.25. The molecule has 3 heterocycles. The number of nitrogens with one attached hydrogen (secondary N) is 2. The molecule has 1 saturated heterocycles. The number of likely N-dealkylation sites (tertiary alicyclic amines) is 1. The number of urea groups is 1. The van der Waals surface area contributed by atoms with E-state index in [2.05, 4.69) is 25.8 Å². The summed E-state index contributed by atoms with van der Waals surface area (Å²) in [5, 5.41) is 21.1. The van der Waals surface area contributed by atoms with Crippen molar-refractivity contribution in [3.63, 3.8) is 0 Å². The van der Waals surface area contributed by atoms with E-state index >= 15 is 0 Å². The van der Waals surface area contributed by atoms with Crippen LogP contribution in [-0.4, -0.2) is 59.0 Å². The fraction of sp³-hybridized carbons (Fsp3) is 0.367. The normalized spacial score (nSPS) is 13.9. The molecule has 0 saturated carbocycles. The summed E-state index contributed by atoms with van der Waals surface area (Å²) < 4.78 is 23.0. The van der Waals surface area contributed by atoms with Crippen molar-refractivity contribution < 1.29 is 33.4 Å². The number of aromatic nitrogens is 3. The second kappa shape index (κ2) is 12.4. The SMILES string of the molecule is COc1cc2c(Oc3cccc(NC(=O)Nc4cc(C(C)(C)C)no4)c3)ncnc2cc1OCC1CCN(C(=O)[O-])CC1. The van der Waals surface area contributed by atoms with Gasteiger partial charge in [-0.2, -0.15) is 0 Å². The maximum absolute atomic E-state index is 12.6. The highest BCUT2D eigenvalue weighted by molar-refractivity contribution is 5.99. The second-order valence-electron chi connectivity index (χ2n) is 11.2. The van der Waals surface area contributed by atoms with Gasteiger partial charge in [-0.3, -0.25) is 5.32 Å². The number of piperidine rings is 1. The molecule has 13 nitrogen and oxygen atoms in total. The monoisotopic (exact) mass is 589 g/mol. The molecule has 0 spiro atoms. The zero-order valence-electron chi connectivity index (χ0n) is 24.4. The maximum Gasteiger partial charge on any atom is 0.326 e. The number of ether oxygens (including phenoxy) is 3. The van der Waals surface area contributed by atoms with Crippen LogP contribution in [0.15, 0.2) is 53.3 Å². The summed E-state index contributed by atoms with van der Waals surface area (Å²) in [5.41, 5.74) is 1.59. The van der Waals surface area contributed by atoms with E-state index in [1.165, 1.54) is 11.2 Å². The Bertz CT molecular complexity index is 1610. The molecule has 2 aromatic heterocycles. The lowest BCUT2D eigenvalue weighted by molar-refractivity contribution is -0.266. The number of amides is 3. The number of nitrogens with zero attached hydrogens (tertiary/aromatic N) is 4. The third kappa shape index (κ3) is 7.23. The van der Waals surface area contributed by atoms with Gasteiger partial charge in [0.25, 0.3) is 0 Å². The van der Waals surface area contributed by atoms with Gasteiger partial charge in [0.05, 0.1) is 30.3 Å². The molecule has 1 aliphatic heterocycles. The molecule has 4 aromatic rings. The molecule has 2 aromatic carbocycles. The predicted octanol–water partition coefficient (Wildman–Crippen LogP) is 4.79. The van der Waals surface area contributed by atoms with E-state index in [-0.39, 0.29) is 17.2 Å². The van der Waals surface area contributed by atoms with Crippen molar-refractivity contribution in [1.82, 2.24) is 20.0 Å². The van der Waals surface area contributed by atoms with Crippen LogP contribution in [0, 0.1) is 5.92 Å². The van der Waals surface area contributed by atoms with Crippen LogP contribution in [0.1, 0.15) is 39.3 Å². The second-order valence-corrected chi connectivity index (χ2v) is 11.2. The average Bonchev–Trinajstić information content (AvgIpc) is 3.45. The molecule has 226 valence electrons. The van der Waals surface area contributed by atoms with E-state index in [1.807, 2.05) is 20.8 Å². The van der Waals surface area contributed by atoms with Crippen molar-refractivity contribution in [2.75, 3.05) is 37.4 Å². The largest absolute Gasteiger partial charge is 0.530 e. The number of carbonyl (C=O) groups excluding carboxylic acids is 2. The highest BCUT2D eigenvalue weighted by Crippen LogP contribution is 2.37. The van der Waals surface area contributed by atoms with Crippen molar-refractivity contribution in [1.29, 1.82) is 0 Å². The smallest absolute Gasteiger partial charge is 0.326 e. The fourth-order valence-electron chi connectivity index (χ4n) is 4.59. The van der Waals surface area contributed by atoms with Gasteiger partial charge >= 0.3 is 6.03 Å². The molecule has 13 heteroatoms. The average molecular weight is 590 g/mol. The summed E-state index contributed by atoms with van der Waals surface area (Å²) in [4.78, 5) is 33.6. The predicted molar refractivity (Wildman–Crippen MR) is 156 cm³/mol. The molecule has 2 N–H and O–H groups in total. The first-order chi connectivity index (χ1) is 20.6. The number of benzene rings is 2. The number of rotatable bonds is 8. The van der Waals surface area contributed by atoms with Gasteiger partial charge < -0.3 is 38.9 Å². The van der Waals surface area contributed by atoms with Crippen molar-refractivity contribution in [3.05, 3.63) is 54.5 Å². The van der Waals surface area contributed by atoms with Crippen molar-refractivity contribution in [2.45, 2.75) is 39.0 Å². The first kappa shape index (κ1) is 29.4. The Hall–Kier alpha value is -5.07. The summed E-state index contributed by atoms with van der Waals surface area (Å²) in [6, 6.07) is 11.6. The Morgan fingerprint density at radius 1 is 1.07 bits per heavy atom. The Labute approximate surface area is 248 Å². The minimum atomic E-state index is -1.14. The van der Waals surface area contributed by atoms with Crippen LogP contribution in [-0.2, 0) is 5.41 Å². The summed E-state index contributed by atoms with van der Waals surface area (Å²) >= 11 is 0. The number of carbonyl (C=O) groups is 2. The summed E-state index contributed by atoms with van der Waals surface area (Å²) in [6.07, 6.45) is 1.64. The zero-order chi connectivity index (χ0) is 30.6. The number of hydrogen-bond acceptors (Lipinski definition) is 10. The molecule has 0 aliphatic carbocycles. The number of carboxylic acid groups (broad SMARTS) is 1. The van der Waals surface area contributed by atoms with Crippen LogP contribution in [0.3, 0.4) is 0 Å².